The topological polar surface area (TPSA) is 75.7 Å². The van der Waals surface area contributed by atoms with E-state index in [0.717, 1.165) is 6.26 Å². The Bertz CT molecular complexity index is 426. The highest BCUT2D eigenvalue weighted by Gasteiger charge is 2.31. The fourth-order valence-corrected chi connectivity index (χ4v) is 2.30. The summed E-state index contributed by atoms with van der Waals surface area (Å²) in [4.78, 5) is 11.4. The molecule has 0 radical (unpaired) electrons. The van der Waals surface area contributed by atoms with Gasteiger partial charge in [0.05, 0.1) is 18.5 Å². The molecule has 0 atom stereocenters. The van der Waals surface area contributed by atoms with Gasteiger partial charge >= 0.3 is 0 Å². The van der Waals surface area contributed by atoms with Gasteiger partial charge < -0.3 is 5.32 Å². The van der Waals surface area contributed by atoms with Crippen molar-refractivity contribution in [3.05, 3.63) is 11.3 Å². The second-order valence-electron chi connectivity index (χ2n) is 3.56. The molecule has 1 amide bonds. The van der Waals surface area contributed by atoms with E-state index in [0.29, 0.717) is 37.2 Å². The smallest absolute Gasteiger partial charge is 0.285 e. The molecule has 7 heteroatoms. The molecule has 0 saturated carbocycles. The minimum atomic E-state index is -3.52. The molecule has 6 nitrogen and oxygen atoms in total. The van der Waals surface area contributed by atoms with E-state index < -0.39 is 10.1 Å². The molecule has 0 aromatic rings. The number of nitrogens with one attached hydrogen (secondary N) is 1. The van der Waals surface area contributed by atoms with Crippen LogP contribution in [0.5, 0.6) is 0 Å². The second kappa shape index (κ2) is 3.49. The predicted molar refractivity (Wildman–Crippen MR) is 51.9 cm³/mol. The second-order valence-corrected chi connectivity index (χ2v) is 5.12. The molecule has 0 aromatic heterocycles. The number of rotatable bonds is 2. The van der Waals surface area contributed by atoms with Crippen LogP contribution in [-0.4, -0.2) is 38.7 Å². The zero-order chi connectivity index (χ0) is 11.1. The lowest BCUT2D eigenvalue weighted by atomic mass is 10.1. The molecule has 0 unspecified atom stereocenters. The van der Waals surface area contributed by atoms with Gasteiger partial charge in [0.1, 0.15) is 0 Å². The molecule has 2 aliphatic heterocycles. The minimum absolute atomic E-state index is 0.115. The normalized spacial score (nSPS) is 21.7. The Hall–Kier alpha value is -1.08. The quantitative estimate of drug-likeness (QED) is 0.685. The fraction of sp³-hybridized carbons (Fsp3) is 0.625. The number of carbonyl (C=O) groups is 1. The molecule has 0 aromatic carbocycles. The number of carbonyl (C=O) groups excluding carboxylic acids is 1. The minimum Gasteiger partial charge on any atom is -0.352 e. The molecule has 0 aliphatic carbocycles. The average Bonchev–Trinajstić information content (AvgIpc) is 2.48. The van der Waals surface area contributed by atoms with Gasteiger partial charge in [-0.3, -0.25) is 4.79 Å². The van der Waals surface area contributed by atoms with Crippen molar-refractivity contribution in [1.29, 1.82) is 0 Å². The molecular weight excluding hydrogens is 220 g/mol. The van der Waals surface area contributed by atoms with Gasteiger partial charge in [0.2, 0.25) is 5.91 Å². The Morgan fingerprint density at radius 3 is 2.80 bits per heavy atom. The first-order valence-corrected chi connectivity index (χ1v) is 6.46. The number of hydrogen-bond donors (Lipinski definition) is 1. The third-order valence-corrected chi connectivity index (χ3v) is 2.81. The van der Waals surface area contributed by atoms with E-state index in [1.165, 1.54) is 5.06 Å². The highest BCUT2D eigenvalue weighted by atomic mass is 32.2. The van der Waals surface area contributed by atoms with E-state index >= 15 is 0 Å². The lowest BCUT2D eigenvalue weighted by molar-refractivity contribution is -0.118. The molecule has 2 rings (SSSR count). The maximum atomic E-state index is 11.4. The third kappa shape index (κ3) is 2.13. The number of nitrogens with zero attached hydrogens (tertiary/aromatic N) is 1. The Morgan fingerprint density at radius 1 is 1.40 bits per heavy atom. The summed E-state index contributed by atoms with van der Waals surface area (Å²) in [6.07, 6.45) is 2.15. The molecule has 2 aliphatic rings. The number of amides is 1. The largest absolute Gasteiger partial charge is 0.352 e. The van der Waals surface area contributed by atoms with Crippen LogP contribution in [0, 0.1) is 0 Å². The lowest BCUT2D eigenvalue weighted by Gasteiger charge is -2.22. The summed E-state index contributed by atoms with van der Waals surface area (Å²) in [6, 6.07) is 0. The summed E-state index contributed by atoms with van der Waals surface area (Å²) in [5.41, 5.74) is 1.34. The Labute approximate surface area is 88.0 Å². The summed E-state index contributed by atoms with van der Waals surface area (Å²) in [6.45, 7) is 0.951. The van der Waals surface area contributed by atoms with Crippen LogP contribution in [0.3, 0.4) is 0 Å². The van der Waals surface area contributed by atoms with E-state index in [1.807, 2.05) is 0 Å². The summed E-state index contributed by atoms with van der Waals surface area (Å²) in [5.74, 6) is -0.115. The van der Waals surface area contributed by atoms with Crippen molar-refractivity contribution in [2.24, 2.45) is 0 Å². The average molecular weight is 232 g/mol. The van der Waals surface area contributed by atoms with E-state index in [2.05, 4.69) is 5.32 Å². The molecule has 0 bridgehead atoms. The summed E-state index contributed by atoms with van der Waals surface area (Å²) < 4.78 is 26.7. The molecule has 1 N–H and O–H groups in total. The van der Waals surface area contributed by atoms with Gasteiger partial charge in [-0.05, 0) is 6.42 Å². The Balaban J connectivity index is 2.21. The standard InChI is InChI=1S/C8H12N2O4S/c1-15(12,13)14-10-5-3-6-7(10)2-4-9-8(6)11/h2-5H2,1H3,(H,9,11). The first-order chi connectivity index (χ1) is 6.97. The van der Waals surface area contributed by atoms with Crippen LogP contribution in [0.1, 0.15) is 12.8 Å². The number of hydrogen-bond acceptors (Lipinski definition) is 5. The molecule has 0 saturated heterocycles. The molecule has 0 spiro atoms. The van der Waals surface area contributed by atoms with Crippen LogP contribution in [0.15, 0.2) is 11.3 Å². The van der Waals surface area contributed by atoms with E-state index in [4.69, 9.17) is 4.28 Å². The van der Waals surface area contributed by atoms with Gasteiger partial charge in [0.25, 0.3) is 10.1 Å². The van der Waals surface area contributed by atoms with E-state index in [1.54, 1.807) is 0 Å². The summed E-state index contributed by atoms with van der Waals surface area (Å²) in [7, 11) is -3.52. The lowest BCUT2D eigenvalue weighted by Crippen LogP contribution is -2.33. The van der Waals surface area contributed by atoms with Gasteiger partial charge in [-0.2, -0.15) is 8.42 Å². The van der Waals surface area contributed by atoms with Crippen molar-refractivity contribution >= 4 is 16.0 Å². The van der Waals surface area contributed by atoms with E-state index in [9.17, 15) is 13.2 Å². The highest BCUT2D eigenvalue weighted by Crippen LogP contribution is 2.28. The zero-order valence-electron chi connectivity index (χ0n) is 8.32. The SMILES string of the molecule is CS(=O)(=O)ON1CCC2=C1CCNC2=O. The maximum absolute atomic E-state index is 11.4. The van der Waals surface area contributed by atoms with E-state index in [-0.39, 0.29) is 5.91 Å². The predicted octanol–water partition coefficient (Wildman–Crippen LogP) is -0.643. The Kier molecular flexibility index (Phi) is 2.43. The zero-order valence-corrected chi connectivity index (χ0v) is 9.13. The van der Waals surface area contributed by atoms with Crippen molar-refractivity contribution in [1.82, 2.24) is 10.4 Å². The van der Waals surface area contributed by atoms with Gasteiger partial charge in [0, 0.05) is 18.5 Å². The van der Waals surface area contributed by atoms with Crippen molar-refractivity contribution in [3.8, 4) is 0 Å². The fourth-order valence-electron chi connectivity index (χ4n) is 1.81. The van der Waals surface area contributed by atoms with Crippen molar-refractivity contribution in [2.45, 2.75) is 12.8 Å². The van der Waals surface area contributed by atoms with Crippen molar-refractivity contribution < 1.29 is 17.5 Å². The molecular formula is C8H12N2O4S. The molecule has 15 heavy (non-hydrogen) atoms. The Morgan fingerprint density at radius 2 is 2.13 bits per heavy atom. The van der Waals surface area contributed by atoms with Crippen LogP contribution in [0.4, 0.5) is 0 Å². The maximum Gasteiger partial charge on any atom is 0.285 e. The summed E-state index contributed by atoms with van der Waals surface area (Å²) >= 11 is 0. The molecule has 84 valence electrons. The van der Waals surface area contributed by atoms with Crippen LogP contribution in [0.2, 0.25) is 0 Å². The first kappa shape index (κ1) is 10.4. The van der Waals surface area contributed by atoms with Crippen LogP contribution in [-0.2, 0) is 19.2 Å². The van der Waals surface area contributed by atoms with Gasteiger partial charge in [-0.1, -0.05) is 0 Å². The highest BCUT2D eigenvalue weighted by molar-refractivity contribution is 7.85. The molecule has 2 heterocycles. The monoisotopic (exact) mass is 232 g/mol. The van der Waals surface area contributed by atoms with Gasteiger partial charge in [-0.15, -0.1) is 4.28 Å². The van der Waals surface area contributed by atoms with Gasteiger partial charge in [-0.25, -0.2) is 5.06 Å². The van der Waals surface area contributed by atoms with Crippen molar-refractivity contribution in [2.75, 3.05) is 19.3 Å². The van der Waals surface area contributed by atoms with Crippen molar-refractivity contribution in [3.63, 3.8) is 0 Å². The van der Waals surface area contributed by atoms with Crippen LogP contribution in [0.25, 0.3) is 0 Å². The summed E-state index contributed by atoms with van der Waals surface area (Å²) in [5, 5.41) is 4.02. The number of hydroxylamine groups is 2. The third-order valence-electron chi connectivity index (χ3n) is 2.36. The van der Waals surface area contributed by atoms with Crippen LogP contribution >= 0.6 is 0 Å². The van der Waals surface area contributed by atoms with Gasteiger partial charge in [0.15, 0.2) is 0 Å². The van der Waals surface area contributed by atoms with Crippen LogP contribution < -0.4 is 5.32 Å². The first-order valence-electron chi connectivity index (χ1n) is 4.65. The molecule has 0 fully saturated rings.